The Hall–Kier alpha value is -1.23. The average Bonchev–Trinajstić information content (AvgIpc) is 2.79. The number of benzene rings is 1. The van der Waals surface area contributed by atoms with Crippen LogP contribution in [-0.4, -0.2) is 12.5 Å². The number of halogens is 2. The smallest absolute Gasteiger partial charge is 0.251 e. The first-order valence-electron chi connectivity index (χ1n) is 6.60. The van der Waals surface area contributed by atoms with Gasteiger partial charge in [0.2, 0.25) is 0 Å². The van der Waals surface area contributed by atoms with Crippen LogP contribution in [-0.2, 0) is 0 Å². The van der Waals surface area contributed by atoms with E-state index in [0.717, 1.165) is 11.3 Å². The molecule has 3 nitrogen and oxygen atoms in total. The van der Waals surface area contributed by atoms with Crippen molar-refractivity contribution in [1.82, 2.24) is 5.32 Å². The Labute approximate surface area is 138 Å². The summed E-state index contributed by atoms with van der Waals surface area (Å²) in [6.07, 6.45) is 0. The molecule has 0 aliphatic carbocycles. The predicted molar refractivity (Wildman–Crippen MR) is 90.8 cm³/mol. The number of hydrogen-bond acceptors (Lipinski definition) is 3. The Morgan fingerprint density at radius 1 is 1.29 bits per heavy atom. The van der Waals surface area contributed by atoms with Crippen LogP contribution in [0.4, 0.5) is 5.69 Å². The fourth-order valence-corrected chi connectivity index (χ4v) is 3.60. The predicted octanol–water partition coefficient (Wildman–Crippen LogP) is 4.98. The van der Waals surface area contributed by atoms with Gasteiger partial charge in [-0.25, -0.2) is 0 Å². The highest BCUT2D eigenvalue weighted by Crippen LogP contribution is 2.36. The second-order valence-corrected chi connectivity index (χ2v) is 6.87. The van der Waals surface area contributed by atoms with Gasteiger partial charge in [-0.05, 0) is 44.2 Å². The van der Waals surface area contributed by atoms with Crippen molar-refractivity contribution in [3.8, 4) is 0 Å². The Kier molecular flexibility index (Phi) is 5.51. The minimum absolute atomic E-state index is 0.0385. The molecule has 1 amide bonds. The van der Waals surface area contributed by atoms with Gasteiger partial charge in [-0.3, -0.25) is 4.79 Å². The molecule has 0 aliphatic rings. The maximum Gasteiger partial charge on any atom is 0.251 e. The third-order valence-electron chi connectivity index (χ3n) is 3.02. The molecular formula is C15H16Cl2N2OS. The normalized spacial score (nSPS) is 12.0. The van der Waals surface area contributed by atoms with Crippen LogP contribution in [0.2, 0.25) is 8.67 Å². The number of nitrogens with one attached hydrogen (secondary N) is 2. The van der Waals surface area contributed by atoms with Crippen molar-refractivity contribution in [3.63, 3.8) is 0 Å². The lowest BCUT2D eigenvalue weighted by Crippen LogP contribution is -2.22. The zero-order valence-corrected chi connectivity index (χ0v) is 14.1. The molecule has 2 rings (SSSR count). The Morgan fingerprint density at radius 3 is 2.48 bits per heavy atom. The zero-order chi connectivity index (χ0) is 15.4. The maximum absolute atomic E-state index is 11.7. The Morgan fingerprint density at radius 2 is 1.95 bits per heavy atom. The standard InChI is InChI=1S/C15H16Cl2N2OS/c1-3-18-15(20)10-4-6-11(7-5-10)19-9(2)12-8-13(16)21-14(12)17/h4-9,19H,3H2,1-2H3,(H,18,20). The molecule has 1 heterocycles. The summed E-state index contributed by atoms with van der Waals surface area (Å²) in [6, 6.07) is 9.25. The van der Waals surface area contributed by atoms with Crippen LogP contribution in [0, 0.1) is 0 Å². The quantitative estimate of drug-likeness (QED) is 0.804. The van der Waals surface area contributed by atoms with Crippen molar-refractivity contribution < 1.29 is 4.79 Å². The van der Waals surface area contributed by atoms with Crippen LogP contribution in [0.3, 0.4) is 0 Å². The lowest BCUT2D eigenvalue weighted by Gasteiger charge is -2.15. The molecule has 2 aromatic rings. The molecule has 0 bridgehead atoms. The van der Waals surface area contributed by atoms with Crippen molar-refractivity contribution in [1.29, 1.82) is 0 Å². The number of amides is 1. The summed E-state index contributed by atoms with van der Waals surface area (Å²) in [5.74, 6) is -0.0650. The molecule has 0 spiro atoms. The van der Waals surface area contributed by atoms with E-state index >= 15 is 0 Å². The Bertz CT molecular complexity index is 625. The van der Waals surface area contributed by atoms with E-state index in [4.69, 9.17) is 23.2 Å². The fraction of sp³-hybridized carbons (Fsp3) is 0.267. The second kappa shape index (κ2) is 7.16. The van der Waals surface area contributed by atoms with Crippen molar-refractivity contribution in [3.05, 3.63) is 50.1 Å². The van der Waals surface area contributed by atoms with Crippen LogP contribution < -0.4 is 10.6 Å². The third-order valence-corrected chi connectivity index (χ3v) is 4.54. The van der Waals surface area contributed by atoms with E-state index in [9.17, 15) is 4.79 Å². The molecule has 1 aromatic heterocycles. The van der Waals surface area contributed by atoms with Gasteiger partial charge in [0, 0.05) is 23.4 Å². The molecule has 0 saturated carbocycles. The van der Waals surface area contributed by atoms with Crippen molar-refractivity contribution in [2.45, 2.75) is 19.9 Å². The highest BCUT2D eigenvalue weighted by Gasteiger charge is 2.13. The summed E-state index contributed by atoms with van der Waals surface area (Å²) in [5.41, 5.74) is 2.54. The van der Waals surface area contributed by atoms with Gasteiger partial charge in [0.1, 0.15) is 0 Å². The topological polar surface area (TPSA) is 41.1 Å². The van der Waals surface area contributed by atoms with Crippen LogP contribution >= 0.6 is 34.5 Å². The summed E-state index contributed by atoms with van der Waals surface area (Å²) in [5, 5.41) is 6.11. The number of rotatable bonds is 5. The van der Waals surface area contributed by atoms with Gasteiger partial charge in [-0.2, -0.15) is 0 Å². The van der Waals surface area contributed by atoms with Crippen LogP contribution in [0.5, 0.6) is 0 Å². The van der Waals surface area contributed by atoms with Crippen LogP contribution in [0.1, 0.15) is 35.8 Å². The number of hydrogen-bond donors (Lipinski definition) is 2. The number of anilines is 1. The van der Waals surface area contributed by atoms with E-state index in [1.54, 1.807) is 12.1 Å². The highest BCUT2D eigenvalue weighted by atomic mass is 35.5. The van der Waals surface area contributed by atoms with E-state index in [0.29, 0.717) is 20.8 Å². The van der Waals surface area contributed by atoms with Crippen molar-refractivity contribution >= 4 is 46.1 Å². The van der Waals surface area contributed by atoms with Crippen molar-refractivity contribution in [2.75, 3.05) is 11.9 Å². The highest BCUT2D eigenvalue weighted by molar-refractivity contribution is 7.20. The van der Waals surface area contributed by atoms with Crippen LogP contribution in [0.25, 0.3) is 0 Å². The first kappa shape index (κ1) is 16.1. The SMILES string of the molecule is CCNC(=O)c1ccc(NC(C)c2cc(Cl)sc2Cl)cc1. The molecule has 0 fully saturated rings. The lowest BCUT2D eigenvalue weighted by molar-refractivity contribution is 0.0956. The number of carbonyl (C=O) groups excluding carboxylic acids is 1. The molecule has 0 radical (unpaired) electrons. The van der Waals surface area contributed by atoms with Gasteiger partial charge in [0.25, 0.3) is 5.91 Å². The second-order valence-electron chi connectivity index (χ2n) is 4.58. The van der Waals surface area contributed by atoms with E-state index in [1.807, 2.05) is 32.0 Å². The van der Waals surface area contributed by atoms with Gasteiger partial charge in [-0.15, -0.1) is 11.3 Å². The molecule has 112 valence electrons. The summed E-state index contributed by atoms with van der Waals surface area (Å²) in [6.45, 7) is 4.53. The van der Waals surface area contributed by atoms with E-state index in [1.165, 1.54) is 11.3 Å². The summed E-state index contributed by atoms with van der Waals surface area (Å²) in [4.78, 5) is 11.7. The molecule has 21 heavy (non-hydrogen) atoms. The van der Waals surface area contributed by atoms with Gasteiger partial charge >= 0.3 is 0 Å². The summed E-state index contributed by atoms with van der Waals surface area (Å²) < 4.78 is 1.37. The number of thiophene rings is 1. The third kappa shape index (κ3) is 4.13. The summed E-state index contributed by atoms with van der Waals surface area (Å²) >= 11 is 13.5. The van der Waals surface area contributed by atoms with Gasteiger partial charge in [0.05, 0.1) is 14.7 Å². The molecule has 1 unspecified atom stereocenters. The minimum atomic E-state index is -0.0650. The number of carbonyl (C=O) groups is 1. The van der Waals surface area contributed by atoms with Gasteiger partial charge in [0.15, 0.2) is 0 Å². The molecule has 0 aliphatic heterocycles. The van der Waals surface area contributed by atoms with Gasteiger partial charge < -0.3 is 10.6 Å². The first-order valence-corrected chi connectivity index (χ1v) is 8.18. The first-order chi connectivity index (χ1) is 10.0. The van der Waals surface area contributed by atoms with Gasteiger partial charge in [-0.1, -0.05) is 23.2 Å². The molecule has 0 saturated heterocycles. The largest absolute Gasteiger partial charge is 0.378 e. The monoisotopic (exact) mass is 342 g/mol. The zero-order valence-electron chi connectivity index (χ0n) is 11.7. The minimum Gasteiger partial charge on any atom is -0.378 e. The van der Waals surface area contributed by atoms with Crippen molar-refractivity contribution in [2.24, 2.45) is 0 Å². The molecule has 6 heteroatoms. The molecule has 2 N–H and O–H groups in total. The van der Waals surface area contributed by atoms with E-state index in [-0.39, 0.29) is 11.9 Å². The maximum atomic E-state index is 11.7. The summed E-state index contributed by atoms with van der Waals surface area (Å²) in [7, 11) is 0. The molecule has 1 aromatic carbocycles. The molecular weight excluding hydrogens is 327 g/mol. The lowest BCUT2D eigenvalue weighted by atomic mass is 10.1. The average molecular weight is 343 g/mol. The fourth-order valence-electron chi connectivity index (χ4n) is 1.96. The van der Waals surface area contributed by atoms with E-state index in [2.05, 4.69) is 10.6 Å². The van der Waals surface area contributed by atoms with Crippen LogP contribution in [0.15, 0.2) is 30.3 Å². The van der Waals surface area contributed by atoms with E-state index < -0.39 is 0 Å². The molecule has 1 atom stereocenters. The Balaban J connectivity index is 2.06.